The third kappa shape index (κ3) is 1.22. The third-order valence-electron chi connectivity index (χ3n) is 2.17. The van der Waals surface area contributed by atoms with Crippen LogP contribution in [0, 0.1) is 0 Å². The molecule has 64 valence electrons. The molecule has 1 aliphatic carbocycles. The molecule has 0 atom stereocenters. The topological polar surface area (TPSA) is 33.5 Å². The lowest BCUT2D eigenvalue weighted by atomic mass is 10.5. The molecular formula is C9H11NO2. The number of nitrogens with zero attached hydrogens (tertiary/aromatic N) is 1. The van der Waals surface area contributed by atoms with Gasteiger partial charge in [0, 0.05) is 19.2 Å². The Bertz CT molecular complexity index is 288. The van der Waals surface area contributed by atoms with E-state index < -0.39 is 0 Å². The minimum Gasteiger partial charge on any atom is -0.438 e. The van der Waals surface area contributed by atoms with Crippen molar-refractivity contribution in [3.63, 3.8) is 0 Å². The molecule has 3 nitrogen and oxygen atoms in total. The summed E-state index contributed by atoms with van der Waals surface area (Å²) in [5, 5.41) is 0. The van der Waals surface area contributed by atoms with Gasteiger partial charge in [-0.2, -0.15) is 0 Å². The molecule has 0 spiro atoms. The summed E-state index contributed by atoms with van der Waals surface area (Å²) in [7, 11) is 1.99. The Morgan fingerprint density at radius 2 is 2.33 bits per heavy atom. The molecule has 1 aliphatic rings. The Hall–Kier alpha value is -1.25. The Labute approximate surface area is 71.0 Å². The van der Waals surface area contributed by atoms with Gasteiger partial charge in [0.25, 0.3) is 0 Å². The average molecular weight is 165 g/mol. The van der Waals surface area contributed by atoms with E-state index in [2.05, 4.69) is 4.90 Å². The highest BCUT2D eigenvalue weighted by atomic mass is 16.4. The van der Waals surface area contributed by atoms with Gasteiger partial charge in [-0.1, -0.05) is 0 Å². The molecule has 0 N–H and O–H groups in total. The van der Waals surface area contributed by atoms with Crippen molar-refractivity contribution in [3.05, 3.63) is 17.9 Å². The van der Waals surface area contributed by atoms with Crippen molar-refractivity contribution in [2.45, 2.75) is 18.9 Å². The maximum absolute atomic E-state index is 10.3. The highest BCUT2D eigenvalue weighted by Crippen LogP contribution is 2.30. The van der Waals surface area contributed by atoms with E-state index in [0.717, 1.165) is 12.2 Å². The zero-order chi connectivity index (χ0) is 8.55. The van der Waals surface area contributed by atoms with Crippen LogP contribution in [-0.4, -0.2) is 19.4 Å². The molecule has 1 aromatic heterocycles. The molecular weight excluding hydrogens is 154 g/mol. The summed E-state index contributed by atoms with van der Waals surface area (Å²) < 4.78 is 5.25. The van der Waals surface area contributed by atoms with Gasteiger partial charge in [0.15, 0.2) is 17.9 Å². The number of rotatable bonds is 3. The van der Waals surface area contributed by atoms with Crippen LogP contribution in [0.1, 0.15) is 23.4 Å². The fourth-order valence-electron chi connectivity index (χ4n) is 1.24. The molecule has 0 bridgehead atoms. The summed E-state index contributed by atoms with van der Waals surface area (Å²) in [5.74, 6) is 1.19. The number of carbonyl (C=O) groups is 1. The lowest BCUT2D eigenvalue weighted by Gasteiger charge is -2.13. The molecule has 12 heavy (non-hydrogen) atoms. The second kappa shape index (κ2) is 2.66. The highest BCUT2D eigenvalue weighted by Gasteiger charge is 2.27. The molecule has 0 aliphatic heterocycles. The van der Waals surface area contributed by atoms with Gasteiger partial charge in [-0.05, 0) is 18.9 Å². The summed E-state index contributed by atoms with van der Waals surface area (Å²) in [4.78, 5) is 12.4. The number of anilines is 1. The maximum atomic E-state index is 10.3. The van der Waals surface area contributed by atoms with Crippen molar-refractivity contribution in [1.82, 2.24) is 0 Å². The van der Waals surface area contributed by atoms with E-state index in [1.807, 2.05) is 13.1 Å². The third-order valence-corrected chi connectivity index (χ3v) is 2.17. The molecule has 0 amide bonds. The van der Waals surface area contributed by atoms with Gasteiger partial charge in [-0.25, -0.2) is 0 Å². The first kappa shape index (κ1) is 7.40. The van der Waals surface area contributed by atoms with Crippen LogP contribution in [0.5, 0.6) is 0 Å². The van der Waals surface area contributed by atoms with Crippen LogP contribution in [0.3, 0.4) is 0 Å². The first-order valence-corrected chi connectivity index (χ1v) is 4.09. The molecule has 1 aromatic rings. The zero-order valence-electron chi connectivity index (χ0n) is 6.99. The van der Waals surface area contributed by atoms with Crippen molar-refractivity contribution >= 4 is 12.2 Å². The predicted octanol–water partition coefficient (Wildman–Crippen LogP) is 1.69. The smallest absolute Gasteiger partial charge is 0.196 e. The molecule has 0 aromatic carbocycles. The Balaban J connectivity index is 2.15. The van der Waals surface area contributed by atoms with Gasteiger partial charge in [-0.3, -0.25) is 4.79 Å². The van der Waals surface area contributed by atoms with E-state index in [9.17, 15) is 4.79 Å². The van der Waals surface area contributed by atoms with Crippen molar-refractivity contribution in [2.24, 2.45) is 0 Å². The van der Waals surface area contributed by atoms with E-state index in [4.69, 9.17) is 4.42 Å². The van der Waals surface area contributed by atoms with Crippen LogP contribution in [0.25, 0.3) is 0 Å². The quantitative estimate of drug-likeness (QED) is 0.639. The van der Waals surface area contributed by atoms with Crippen LogP contribution in [0.4, 0.5) is 5.88 Å². The molecule has 2 rings (SSSR count). The SMILES string of the molecule is CN(c1ccc(C=O)o1)C1CC1. The molecule has 1 heterocycles. The number of furan rings is 1. The standard InChI is InChI=1S/C9H11NO2/c1-10(7-2-3-7)9-5-4-8(6-11)12-9/h4-7H,2-3H2,1H3. The molecule has 0 saturated heterocycles. The van der Waals surface area contributed by atoms with Gasteiger partial charge in [0.05, 0.1) is 0 Å². The minimum absolute atomic E-state index is 0.400. The summed E-state index contributed by atoms with van der Waals surface area (Å²) in [6, 6.07) is 4.15. The van der Waals surface area contributed by atoms with E-state index >= 15 is 0 Å². The van der Waals surface area contributed by atoms with E-state index in [-0.39, 0.29) is 0 Å². The van der Waals surface area contributed by atoms with Crippen LogP contribution >= 0.6 is 0 Å². The molecule has 3 heteroatoms. The molecule has 1 fully saturated rings. The van der Waals surface area contributed by atoms with Crippen LogP contribution < -0.4 is 4.90 Å². The summed E-state index contributed by atoms with van der Waals surface area (Å²) in [6.07, 6.45) is 3.19. The maximum Gasteiger partial charge on any atom is 0.196 e. The lowest BCUT2D eigenvalue weighted by molar-refractivity contribution is 0.110. The van der Waals surface area contributed by atoms with Gasteiger partial charge in [0.1, 0.15) is 0 Å². The molecule has 0 unspecified atom stereocenters. The Morgan fingerprint density at radius 3 is 2.83 bits per heavy atom. The zero-order valence-corrected chi connectivity index (χ0v) is 6.99. The summed E-state index contributed by atoms with van der Waals surface area (Å²) in [6.45, 7) is 0. The Morgan fingerprint density at radius 1 is 1.58 bits per heavy atom. The normalized spacial score (nSPS) is 16.1. The highest BCUT2D eigenvalue weighted by molar-refractivity contribution is 5.71. The summed E-state index contributed by atoms with van der Waals surface area (Å²) in [5.41, 5.74) is 0. The van der Waals surface area contributed by atoms with Crippen molar-refractivity contribution in [3.8, 4) is 0 Å². The van der Waals surface area contributed by atoms with Gasteiger partial charge >= 0.3 is 0 Å². The summed E-state index contributed by atoms with van der Waals surface area (Å²) >= 11 is 0. The predicted molar refractivity (Wildman–Crippen MR) is 45.5 cm³/mol. The van der Waals surface area contributed by atoms with E-state index in [1.165, 1.54) is 12.8 Å². The van der Waals surface area contributed by atoms with Crippen LogP contribution in [0.15, 0.2) is 16.5 Å². The number of hydrogen-bond acceptors (Lipinski definition) is 3. The van der Waals surface area contributed by atoms with Gasteiger partial charge in [-0.15, -0.1) is 0 Å². The van der Waals surface area contributed by atoms with E-state index in [1.54, 1.807) is 6.07 Å². The second-order valence-electron chi connectivity index (χ2n) is 3.14. The van der Waals surface area contributed by atoms with Crippen LogP contribution in [0.2, 0.25) is 0 Å². The first-order valence-electron chi connectivity index (χ1n) is 4.09. The second-order valence-corrected chi connectivity index (χ2v) is 3.14. The monoisotopic (exact) mass is 165 g/mol. The van der Waals surface area contributed by atoms with Gasteiger partial charge in [0.2, 0.25) is 0 Å². The first-order chi connectivity index (χ1) is 5.81. The van der Waals surface area contributed by atoms with Crippen molar-refractivity contribution in [2.75, 3.05) is 11.9 Å². The van der Waals surface area contributed by atoms with Crippen molar-refractivity contribution in [1.29, 1.82) is 0 Å². The molecule has 1 saturated carbocycles. The minimum atomic E-state index is 0.400. The molecule has 0 radical (unpaired) electrons. The van der Waals surface area contributed by atoms with Gasteiger partial charge < -0.3 is 9.32 Å². The Kier molecular flexibility index (Phi) is 1.64. The lowest BCUT2D eigenvalue weighted by Crippen LogP contribution is -2.18. The fourth-order valence-corrected chi connectivity index (χ4v) is 1.24. The van der Waals surface area contributed by atoms with Crippen molar-refractivity contribution < 1.29 is 9.21 Å². The average Bonchev–Trinajstić information content (AvgIpc) is 2.82. The number of aldehydes is 1. The largest absolute Gasteiger partial charge is 0.438 e. The number of carbonyl (C=O) groups excluding carboxylic acids is 1. The number of hydrogen-bond donors (Lipinski definition) is 0. The van der Waals surface area contributed by atoms with E-state index in [0.29, 0.717) is 11.8 Å². The van der Waals surface area contributed by atoms with Crippen LogP contribution in [-0.2, 0) is 0 Å². The fraction of sp³-hybridized carbons (Fsp3) is 0.444.